The number of hydrogen-bond donors (Lipinski definition) is 2. The van der Waals surface area contributed by atoms with E-state index < -0.39 is 0 Å². The summed E-state index contributed by atoms with van der Waals surface area (Å²) in [6.45, 7) is 0. The molecule has 4 aromatic rings. The van der Waals surface area contributed by atoms with E-state index >= 15 is 0 Å². The van der Waals surface area contributed by atoms with E-state index in [0.29, 0.717) is 22.5 Å². The van der Waals surface area contributed by atoms with Gasteiger partial charge in [-0.2, -0.15) is 0 Å². The van der Waals surface area contributed by atoms with Crippen molar-refractivity contribution in [2.24, 2.45) is 0 Å². The van der Waals surface area contributed by atoms with Crippen molar-refractivity contribution >= 4 is 23.1 Å². The number of fused-ring (bicyclic) bond motifs is 1. The Morgan fingerprint density at radius 2 is 1.90 bits per heavy atom. The van der Waals surface area contributed by atoms with Gasteiger partial charge in [0.25, 0.3) is 5.91 Å². The van der Waals surface area contributed by atoms with Gasteiger partial charge in [-0.1, -0.05) is 24.3 Å². The Kier molecular flexibility index (Phi) is 5.21. The predicted molar refractivity (Wildman–Crippen MR) is 111 cm³/mol. The fourth-order valence-electron chi connectivity index (χ4n) is 3.21. The number of carbonyl (C=O) groups excluding carboxylic acids is 2. The lowest BCUT2D eigenvalue weighted by molar-refractivity contribution is -0.115. The fraction of sp³-hybridized carbons (Fsp3) is 0.0909. The predicted octanol–water partition coefficient (Wildman–Crippen LogP) is 3.08. The first-order chi connectivity index (χ1) is 14.5. The number of hydrogen-bond acceptors (Lipinski definition) is 4. The van der Waals surface area contributed by atoms with Crippen LogP contribution < -0.4 is 10.6 Å². The van der Waals surface area contributed by atoms with Gasteiger partial charge in [0.2, 0.25) is 5.91 Å². The lowest BCUT2D eigenvalue weighted by Gasteiger charge is -2.08. The number of amides is 2. The summed E-state index contributed by atoms with van der Waals surface area (Å²) in [4.78, 5) is 28.7. The Balaban J connectivity index is 1.71. The number of aromatic nitrogens is 3. The monoisotopic (exact) mass is 403 g/mol. The maximum Gasteiger partial charge on any atom is 0.251 e. The van der Waals surface area contributed by atoms with E-state index in [4.69, 9.17) is 0 Å². The van der Waals surface area contributed by atoms with E-state index in [9.17, 15) is 14.0 Å². The molecule has 0 radical (unpaired) electrons. The van der Waals surface area contributed by atoms with Crippen molar-refractivity contribution in [1.82, 2.24) is 19.9 Å². The number of rotatable bonds is 5. The van der Waals surface area contributed by atoms with Crippen LogP contribution in [-0.4, -0.2) is 33.5 Å². The van der Waals surface area contributed by atoms with Crippen LogP contribution >= 0.6 is 0 Å². The molecule has 0 unspecified atom stereocenters. The molecule has 2 amide bonds. The van der Waals surface area contributed by atoms with Crippen molar-refractivity contribution in [2.45, 2.75) is 6.42 Å². The minimum atomic E-state index is -0.356. The highest BCUT2D eigenvalue weighted by molar-refractivity contribution is 6.01. The van der Waals surface area contributed by atoms with Crippen LogP contribution in [0.1, 0.15) is 15.9 Å². The van der Waals surface area contributed by atoms with Crippen LogP contribution in [0, 0.1) is 5.82 Å². The van der Waals surface area contributed by atoms with E-state index in [2.05, 4.69) is 20.7 Å². The average molecular weight is 403 g/mol. The van der Waals surface area contributed by atoms with Crippen LogP contribution in [0.25, 0.3) is 16.6 Å². The van der Waals surface area contributed by atoms with Crippen LogP contribution in [0.15, 0.2) is 67.1 Å². The van der Waals surface area contributed by atoms with Crippen molar-refractivity contribution in [3.63, 3.8) is 0 Å². The van der Waals surface area contributed by atoms with Crippen LogP contribution in [0.2, 0.25) is 0 Å². The largest absolute Gasteiger partial charge is 0.355 e. The topological polar surface area (TPSA) is 88.4 Å². The molecule has 0 aliphatic heterocycles. The maximum atomic E-state index is 13.1. The van der Waals surface area contributed by atoms with Crippen LogP contribution in [0.4, 0.5) is 10.2 Å². The summed E-state index contributed by atoms with van der Waals surface area (Å²) in [6.07, 6.45) is 3.24. The van der Waals surface area contributed by atoms with Crippen molar-refractivity contribution in [1.29, 1.82) is 0 Å². The molecule has 150 valence electrons. The van der Waals surface area contributed by atoms with E-state index in [-0.39, 0.29) is 24.1 Å². The third kappa shape index (κ3) is 3.88. The van der Waals surface area contributed by atoms with Gasteiger partial charge in [-0.15, -0.1) is 5.10 Å². The minimum Gasteiger partial charge on any atom is -0.355 e. The molecule has 0 saturated carbocycles. The van der Waals surface area contributed by atoms with Gasteiger partial charge in [0.05, 0.1) is 17.5 Å². The lowest BCUT2D eigenvalue weighted by atomic mass is 10.0. The zero-order chi connectivity index (χ0) is 21.1. The van der Waals surface area contributed by atoms with Crippen molar-refractivity contribution in [2.75, 3.05) is 12.4 Å². The zero-order valence-corrected chi connectivity index (χ0v) is 16.1. The molecule has 0 fully saturated rings. The standard InChI is InChI=1S/C22H18FN5O2/c1-24-22(30)16-4-2-3-15(12-16)20-18-9-10-25-13-28(18)27-21(20)26-19(29)11-14-5-7-17(23)8-6-14/h2-10,12-13H,11H2,1H3,(H,24,30)(H,26,27,29). The fourth-order valence-corrected chi connectivity index (χ4v) is 3.21. The van der Waals surface area contributed by atoms with Crippen LogP contribution in [-0.2, 0) is 11.2 Å². The van der Waals surface area contributed by atoms with Gasteiger partial charge >= 0.3 is 0 Å². The quantitative estimate of drug-likeness (QED) is 0.536. The second kappa shape index (κ2) is 8.12. The molecule has 2 N–H and O–H groups in total. The van der Waals surface area contributed by atoms with Gasteiger partial charge in [0, 0.05) is 18.8 Å². The van der Waals surface area contributed by atoms with E-state index in [0.717, 1.165) is 11.1 Å². The molecule has 2 heterocycles. The van der Waals surface area contributed by atoms with E-state index in [1.54, 1.807) is 54.2 Å². The Labute approximate surface area is 171 Å². The van der Waals surface area contributed by atoms with Crippen molar-refractivity contribution < 1.29 is 14.0 Å². The number of nitrogens with zero attached hydrogens (tertiary/aromatic N) is 3. The third-order valence-corrected chi connectivity index (χ3v) is 4.62. The highest BCUT2D eigenvalue weighted by Crippen LogP contribution is 2.32. The maximum absolute atomic E-state index is 13.1. The van der Waals surface area contributed by atoms with E-state index in [1.165, 1.54) is 18.5 Å². The number of anilines is 1. The van der Waals surface area contributed by atoms with Crippen LogP contribution in [0.5, 0.6) is 0 Å². The molecule has 7 nitrogen and oxygen atoms in total. The molecule has 2 aromatic carbocycles. The normalized spacial score (nSPS) is 10.7. The van der Waals surface area contributed by atoms with Crippen LogP contribution in [0.3, 0.4) is 0 Å². The summed E-state index contributed by atoms with van der Waals surface area (Å²) >= 11 is 0. The minimum absolute atomic E-state index is 0.0735. The Morgan fingerprint density at radius 1 is 1.10 bits per heavy atom. The molecule has 0 bridgehead atoms. The summed E-state index contributed by atoms with van der Waals surface area (Å²) in [5.41, 5.74) is 3.32. The summed E-state index contributed by atoms with van der Waals surface area (Å²) in [5, 5.41) is 9.88. The van der Waals surface area contributed by atoms with Gasteiger partial charge in [0.1, 0.15) is 12.1 Å². The summed E-state index contributed by atoms with van der Waals surface area (Å²) in [7, 11) is 1.57. The molecule has 2 aromatic heterocycles. The average Bonchev–Trinajstić information content (AvgIpc) is 3.12. The molecule has 0 aliphatic carbocycles. The number of carbonyl (C=O) groups is 2. The molecule has 0 spiro atoms. The molecule has 0 saturated heterocycles. The highest BCUT2D eigenvalue weighted by atomic mass is 19.1. The highest BCUT2D eigenvalue weighted by Gasteiger charge is 2.18. The second-order valence-electron chi connectivity index (χ2n) is 6.65. The van der Waals surface area contributed by atoms with Crippen molar-refractivity contribution in [3.8, 4) is 11.1 Å². The molecule has 8 heteroatoms. The first-order valence-corrected chi connectivity index (χ1v) is 9.24. The van der Waals surface area contributed by atoms with Gasteiger partial charge in [0.15, 0.2) is 5.82 Å². The van der Waals surface area contributed by atoms with Gasteiger partial charge in [-0.25, -0.2) is 13.9 Å². The second-order valence-corrected chi connectivity index (χ2v) is 6.65. The molecule has 4 rings (SSSR count). The summed E-state index contributed by atoms with van der Waals surface area (Å²) in [6, 6.07) is 14.6. The molecular formula is C22H18FN5O2. The molecule has 30 heavy (non-hydrogen) atoms. The lowest BCUT2D eigenvalue weighted by Crippen LogP contribution is -2.17. The molecule has 0 atom stereocenters. The summed E-state index contributed by atoms with van der Waals surface area (Å²) in [5.74, 6) is -0.506. The first-order valence-electron chi connectivity index (χ1n) is 9.24. The SMILES string of the molecule is CNC(=O)c1cccc(-c2c(NC(=O)Cc3ccc(F)cc3)nn3cnccc23)c1. The van der Waals surface area contributed by atoms with E-state index in [1.807, 2.05) is 6.07 Å². The molecule has 0 aliphatic rings. The zero-order valence-electron chi connectivity index (χ0n) is 16.1. The van der Waals surface area contributed by atoms with Gasteiger partial charge in [-0.05, 0) is 41.5 Å². The smallest absolute Gasteiger partial charge is 0.251 e. The van der Waals surface area contributed by atoms with Crippen molar-refractivity contribution in [3.05, 3.63) is 84.1 Å². The number of benzene rings is 2. The Hall–Kier alpha value is -4.07. The number of nitrogens with one attached hydrogen (secondary N) is 2. The van der Waals surface area contributed by atoms with Gasteiger partial charge < -0.3 is 10.6 Å². The summed E-state index contributed by atoms with van der Waals surface area (Å²) < 4.78 is 14.7. The Morgan fingerprint density at radius 3 is 2.67 bits per heavy atom. The third-order valence-electron chi connectivity index (χ3n) is 4.62. The van der Waals surface area contributed by atoms with Gasteiger partial charge in [-0.3, -0.25) is 9.59 Å². The Bertz CT molecular complexity index is 1230. The number of halogens is 1. The molecular weight excluding hydrogens is 385 g/mol. The first kappa shape index (κ1) is 19.3.